The number of hydrogen-bond acceptors (Lipinski definition) is 6. The maximum Gasteiger partial charge on any atom is 0.342 e. The lowest BCUT2D eigenvalue weighted by molar-refractivity contribution is -0.120. The van der Waals surface area contributed by atoms with Crippen molar-refractivity contribution in [2.45, 2.75) is 26.3 Å². The Morgan fingerprint density at radius 3 is 2.92 bits per heavy atom. The Balaban J connectivity index is 1.46. The van der Waals surface area contributed by atoms with Gasteiger partial charge >= 0.3 is 6.03 Å². The van der Waals surface area contributed by atoms with Gasteiger partial charge in [0.2, 0.25) is 5.95 Å². The summed E-state index contributed by atoms with van der Waals surface area (Å²) in [6.07, 6.45) is 4.52. The van der Waals surface area contributed by atoms with Gasteiger partial charge in [-0.3, -0.25) is 4.79 Å². The SMILES string of the molecule is CN1C(=O)[C@H](NC(=O)n2cc(Cc3cccnc3F)cn2)COc2ccc(C#CC(C)(C)CO)cc21. The van der Waals surface area contributed by atoms with Crippen molar-refractivity contribution in [2.24, 2.45) is 5.41 Å². The van der Waals surface area contributed by atoms with Crippen molar-refractivity contribution in [2.75, 3.05) is 25.2 Å². The van der Waals surface area contributed by atoms with Gasteiger partial charge in [-0.1, -0.05) is 17.9 Å². The molecule has 4 rings (SSSR count). The van der Waals surface area contributed by atoms with Crippen LogP contribution in [0.25, 0.3) is 0 Å². The van der Waals surface area contributed by atoms with Crippen molar-refractivity contribution in [3.05, 3.63) is 71.6 Å². The molecule has 1 aliphatic rings. The van der Waals surface area contributed by atoms with Gasteiger partial charge in [-0.2, -0.15) is 14.2 Å². The number of nitrogens with zero attached hydrogens (tertiary/aromatic N) is 4. The maximum absolute atomic E-state index is 13.8. The number of aromatic nitrogens is 3. The van der Waals surface area contributed by atoms with Crippen LogP contribution in [-0.2, 0) is 11.2 Å². The first-order valence-corrected chi connectivity index (χ1v) is 11.3. The number of likely N-dealkylation sites (N-methyl/N-ethyl adjacent to an activating group) is 1. The van der Waals surface area contributed by atoms with E-state index in [9.17, 15) is 19.1 Å². The first-order chi connectivity index (χ1) is 17.2. The maximum atomic E-state index is 13.8. The molecule has 3 aromatic rings. The van der Waals surface area contributed by atoms with E-state index >= 15 is 0 Å². The fourth-order valence-corrected chi connectivity index (χ4v) is 3.51. The minimum Gasteiger partial charge on any atom is -0.489 e. The number of aliphatic hydroxyl groups is 1. The number of fused-ring (bicyclic) bond motifs is 1. The lowest BCUT2D eigenvalue weighted by atomic mass is 9.95. The monoisotopic (exact) mass is 491 g/mol. The van der Waals surface area contributed by atoms with E-state index in [0.29, 0.717) is 28.1 Å². The largest absolute Gasteiger partial charge is 0.489 e. The Labute approximate surface area is 207 Å². The van der Waals surface area contributed by atoms with Gasteiger partial charge in [0, 0.05) is 42.4 Å². The number of pyridine rings is 1. The number of ether oxygens (including phenoxy) is 1. The second kappa shape index (κ2) is 10.2. The summed E-state index contributed by atoms with van der Waals surface area (Å²) in [6, 6.07) is 6.89. The molecule has 1 atom stereocenters. The van der Waals surface area contributed by atoms with Crippen LogP contribution in [0, 0.1) is 23.2 Å². The number of hydrogen-bond donors (Lipinski definition) is 2. The van der Waals surface area contributed by atoms with Crippen molar-refractivity contribution in [3.8, 4) is 17.6 Å². The van der Waals surface area contributed by atoms with E-state index < -0.39 is 23.4 Å². The summed E-state index contributed by atoms with van der Waals surface area (Å²) in [7, 11) is 1.60. The zero-order chi connectivity index (χ0) is 25.9. The molecule has 1 aromatic carbocycles. The van der Waals surface area contributed by atoms with Crippen molar-refractivity contribution < 1.29 is 23.8 Å². The number of amides is 2. The summed E-state index contributed by atoms with van der Waals surface area (Å²) in [4.78, 5) is 30.9. The van der Waals surface area contributed by atoms with E-state index in [4.69, 9.17) is 4.74 Å². The summed E-state index contributed by atoms with van der Waals surface area (Å²) in [5.41, 5.74) is 1.62. The number of carbonyl (C=O) groups excluding carboxylic acids is 2. The third-order valence-corrected chi connectivity index (χ3v) is 5.67. The molecule has 0 saturated heterocycles. The quantitative estimate of drug-likeness (QED) is 0.428. The molecule has 2 amide bonds. The zero-order valence-electron chi connectivity index (χ0n) is 20.2. The van der Waals surface area contributed by atoms with E-state index in [1.54, 1.807) is 37.4 Å². The van der Waals surface area contributed by atoms with Crippen LogP contribution in [0.15, 0.2) is 48.9 Å². The van der Waals surface area contributed by atoms with E-state index in [-0.39, 0.29) is 25.5 Å². The van der Waals surface area contributed by atoms with Crippen LogP contribution in [0.3, 0.4) is 0 Å². The highest BCUT2D eigenvalue weighted by atomic mass is 19.1. The number of carbonyl (C=O) groups is 2. The first kappa shape index (κ1) is 24.9. The zero-order valence-corrected chi connectivity index (χ0v) is 20.2. The average Bonchev–Trinajstić information content (AvgIpc) is 3.30. The Morgan fingerprint density at radius 2 is 2.17 bits per heavy atom. The summed E-state index contributed by atoms with van der Waals surface area (Å²) >= 11 is 0. The topological polar surface area (TPSA) is 110 Å². The van der Waals surface area contributed by atoms with Gasteiger partial charge in [0.05, 0.1) is 18.5 Å². The smallest absolute Gasteiger partial charge is 0.342 e. The summed E-state index contributed by atoms with van der Waals surface area (Å²) in [5.74, 6) is 5.56. The van der Waals surface area contributed by atoms with Crippen molar-refractivity contribution in [3.63, 3.8) is 0 Å². The Hall–Kier alpha value is -4.23. The molecular formula is C26H26FN5O4. The molecule has 10 heteroatoms. The molecule has 0 aliphatic carbocycles. The van der Waals surface area contributed by atoms with Crippen LogP contribution in [0.5, 0.6) is 5.75 Å². The van der Waals surface area contributed by atoms with E-state index in [1.165, 1.54) is 23.5 Å². The number of aliphatic hydroxyl groups excluding tert-OH is 1. The van der Waals surface area contributed by atoms with Crippen molar-refractivity contribution in [1.29, 1.82) is 0 Å². The molecule has 0 unspecified atom stereocenters. The highest BCUT2D eigenvalue weighted by molar-refractivity contribution is 6.00. The molecule has 36 heavy (non-hydrogen) atoms. The number of halogens is 1. The summed E-state index contributed by atoms with van der Waals surface area (Å²) < 4.78 is 20.7. The van der Waals surface area contributed by atoms with Gasteiger partial charge in [0.15, 0.2) is 0 Å². The van der Waals surface area contributed by atoms with E-state index in [1.807, 2.05) is 13.8 Å². The van der Waals surface area contributed by atoms with Crippen LogP contribution in [0.1, 0.15) is 30.5 Å². The predicted molar refractivity (Wildman–Crippen MR) is 130 cm³/mol. The van der Waals surface area contributed by atoms with E-state index in [2.05, 4.69) is 27.2 Å². The molecule has 0 spiro atoms. The fourth-order valence-electron chi connectivity index (χ4n) is 3.51. The summed E-state index contributed by atoms with van der Waals surface area (Å²) in [5, 5.41) is 16.1. The van der Waals surface area contributed by atoms with Crippen LogP contribution >= 0.6 is 0 Å². The molecule has 2 N–H and O–H groups in total. The van der Waals surface area contributed by atoms with Gasteiger partial charge in [0.1, 0.15) is 18.4 Å². The van der Waals surface area contributed by atoms with Crippen LogP contribution < -0.4 is 15.0 Å². The fraction of sp³-hybridized carbons (Fsp3) is 0.308. The molecule has 0 saturated carbocycles. The van der Waals surface area contributed by atoms with Gasteiger partial charge in [-0.05, 0) is 43.7 Å². The highest BCUT2D eigenvalue weighted by Crippen LogP contribution is 2.31. The van der Waals surface area contributed by atoms with Crippen LogP contribution in [-0.4, -0.2) is 58.1 Å². The molecule has 0 radical (unpaired) electrons. The van der Waals surface area contributed by atoms with Gasteiger partial charge in [0.25, 0.3) is 5.91 Å². The predicted octanol–water partition coefficient (Wildman–Crippen LogP) is 2.36. The van der Waals surface area contributed by atoms with Crippen molar-refractivity contribution in [1.82, 2.24) is 20.1 Å². The van der Waals surface area contributed by atoms with Gasteiger partial charge in [-0.25, -0.2) is 9.78 Å². The van der Waals surface area contributed by atoms with Crippen LogP contribution in [0.4, 0.5) is 14.9 Å². The molecule has 9 nitrogen and oxygen atoms in total. The molecule has 3 heterocycles. The van der Waals surface area contributed by atoms with Gasteiger partial charge in [-0.15, -0.1) is 0 Å². The van der Waals surface area contributed by atoms with Gasteiger partial charge < -0.3 is 20.1 Å². The third-order valence-electron chi connectivity index (χ3n) is 5.67. The number of anilines is 1. The number of nitrogens with one attached hydrogen (secondary N) is 1. The summed E-state index contributed by atoms with van der Waals surface area (Å²) in [6.45, 7) is 3.51. The molecule has 0 fully saturated rings. The highest BCUT2D eigenvalue weighted by Gasteiger charge is 2.31. The molecule has 1 aliphatic heterocycles. The first-order valence-electron chi connectivity index (χ1n) is 11.3. The number of benzene rings is 1. The molecule has 186 valence electrons. The standard InChI is InChI=1S/C26H26FN5O4/c1-26(2,16-33)9-8-17-6-7-22-21(12-17)31(3)24(34)20(15-36-22)30-25(35)32-14-18(13-29-32)11-19-5-4-10-28-23(19)27/h4-7,10,12-14,20,33H,11,15-16H2,1-3H3,(H,30,35)/t20-/m1/s1. The minimum absolute atomic E-state index is 0.0699. The molecular weight excluding hydrogens is 465 g/mol. The van der Waals surface area contributed by atoms with E-state index in [0.717, 1.165) is 4.68 Å². The Morgan fingerprint density at radius 1 is 1.36 bits per heavy atom. The lowest BCUT2D eigenvalue weighted by Crippen LogP contribution is -2.50. The van der Waals surface area contributed by atoms with Crippen LogP contribution in [0.2, 0.25) is 0 Å². The minimum atomic E-state index is -0.957. The molecule has 2 aromatic heterocycles. The Bertz CT molecular complexity index is 1360. The molecule has 0 bridgehead atoms. The average molecular weight is 492 g/mol. The lowest BCUT2D eigenvalue weighted by Gasteiger charge is -2.20. The second-order valence-corrected chi connectivity index (χ2v) is 9.11. The second-order valence-electron chi connectivity index (χ2n) is 9.11. The Kier molecular flexibility index (Phi) is 7.03. The third kappa shape index (κ3) is 5.53. The van der Waals surface area contributed by atoms with Crippen molar-refractivity contribution >= 4 is 17.6 Å². The normalized spacial score (nSPS) is 15.3. The number of rotatable bonds is 4.